The average Bonchev–Trinajstić information content (AvgIpc) is 2.89. The van der Waals surface area contributed by atoms with Crippen molar-refractivity contribution in [3.05, 3.63) is 59.7 Å². The van der Waals surface area contributed by atoms with Gasteiger partial charge >= 0.3 is 0 Å². The van der Waals surface area contributed by atoms with Gasteiger partial charge in [0.2, 0.25) is 15.9 Å². The van der Waals surface area contributed by atoms with Crippen LogP contribution < -0.4 is 4.90 Å². The van der Waals surface area contributed by atoms with Crippen LogP contribution in [-0.4, -0.2) is 56.8 Å². The fraction of sp³-hybridized carbons (Fsp3) is 0.409. The Morgan fingerprint density at radius 1 is 0.966 bits per heavy atom. The molecule has 6 nitrogen and oxygen atoms in total. The van der Waals surface area contributed by atoms with Gasteiger partial charge in [0.15, 0.2) is 0 Å². The molecule has 0 saturated carbocycles. The second kappa shape index (κ2) is 7.23. The highest BCUT2D eigenvalue weighted by Gasteiger charge is 2.43. The van der Waals surface area contributed by atoms with Crippen LogP contribution in [0.4, 0.5) is 5.69 Å². The van der Waals surface area contributed by atoms with E-state index < -0.39 is 15.4 Å². The monoisotopic (exact) mass is 413 g/mol. The number of anilines is 1. The minimum Gasteiger partial charge on any atom is -0.314 e. The standard InChI is InChI=1S/C22H27N3O3S/c1-22(2)19-15-18(9-10-20(19)23(3)21(22)26)29(27,28)25-13-11-24(12-14-25)16-17-7-5-4-6-8-17/h4-10,15H,11-14,16H2,1-3H3. The van der Waals surface area contributed by atoms with E-state index in [4.69, 9.17) is 0 Å². The van der Waals surface area contributed by atoms with Gasteiger partial charge in [0.05, 0.1) is 10.3 Å². The molecule has 2 aliphatic rings. The average molecular weight is 414 g/mol. The number of carbonyl (C=O) groups is 1. The molecule has 0 N–H and O–H groups in total. The van der Waals surface area contributed by atoms with Crippen molar-refractivity contribution in [2.24, 2.45) is 0 Å². The van der Waals surface area contributed by atoms with E-state index in [0.29, 0.717) is 26.2 Å². The highest BCUT2D eigenvalue weighted by atomic mass is 32.2. The number of hydrogen-bond donors (Lipinski definition) is 0. The summed E-state index contributed by atoms with van der Waals surface area (Å²) in [5, 5.41) is 0. The maximum Gasteiger partial charge on any atom is 0.243 e. The summed E-state index contributed by atoms with van der Waals surface area (Å²) in [5.74, 6) is -0.0171. The largest absolute Gasteiger partial charge is 0.314 e. The summed E-state index contributed by atoms with van der Waals surface area (Å²) in [4.78, 5) is 16.6. The summed E-state index contributed by atoms with van der Waals surface area (Å²) >= 11 is 0. The van der Waals surface area contributed by atoms with Crippen LogP contribution in [0.1, 0.15) is 25.0 Å². The lowest BCUT2D eigenvalue weighted by Gasteiger charge is -2.34. The van der Waals surface area contributed by atoms with Crippen molar-refractivity contribution in [1.82, 2.24) is 9.21 Å². The summed E-state index contributed by atoms with van der Waals surface area (Å²) < 4.78 is 28.0. The van der Waals surface area contributed by atoms with Crippen LogP contribution in [-0.2, 0) is 26.8 Å². The Kier molecular flexibility index (Phi) is 5.01. The van der Waals surface area contributed by atoms with Gasteiger partial charge in [0, 0.05) is 45.5 Å². The predicted octanol–water partition coefficient (Wildman–Crippen LogP) is 2.45. The van der Waals surface area contributed by atoms with Crippen LogP contribution in [0.2, 0.25) is 0 Å². The van der Waals surface area contributed by atoms with Crippen molar-refractivity contribution in [2.45, 2.75) is 30.7 Å². The molecule has 1 amide bonds. The van der Waals surface area contributed by atoms with E-state index in [1.54, 1.807) is 34.5 Å². The first-order valence-electron chi connectivity index (χ1n) is 9.90. The van der Waals surface area contributed by atoms with E-state index in [0.717, 1.165) is 17.8 Å². The minimum atomic E-state index is -3.59. The number of nitrogens with zero attached hydrogens (tertiary/aromatic N) is 3. The Labute approximate surface area is 172 Å². The molecule has 2 aliphatic heterocycles. The van der Waals surface area contributed by atoms with E-state index in [1.165, 1.54) is 5.56 Å². The zero-order chi connectivity index (χ0) is 20.8. The molecular weight excluding hydrogens is 386 g/mol. The van der Waals surface area contributed by atoms with Crippen molar-refractivity contribution < 1.29 is 13.2 Å². The minimum absolute atomic E-state index is 0.0171. The molecule has 2 aromatic rings. The normalized spacial score (nSPS) is 20.1. The van der Waals surface area contributed by atoms with Crippen molar-refractivity contribution in [1.29, 1.82) is 0 Å². The van der Waals surface area contributed by atoms with Crippen LogP contribution in [0.15, 0.2) is 53.4 Å². The van der Waals surface area contributed by atoms with Crippen molar-refractivity contribution in [3.8, 4) is 0 Å². The summed E-state index contributed by atoms with van der Waals surface area (Å²) in [7, 11) is -1.86. The van der Waals surface area contributed by atoms with Gasteiger partial charge in [-0.25, -0.2) is 8.42 Å². The fourth-order valence-electron chi connectivity index (χ4n) is 4.23. The zero-order valence-electron chi connectivity index (χ0n) is 17.1. The molecule has 0 atom stereocenters. The number of piperazine rings is 1. The first-order chi connectivity index (χ1) is 13.7. The van der Waals surface area contributed by atoms with E-state index in [1.807, 2.05) is 32.0 Å². The fourth-order valence-corrected chi connectivity index (χ4v) is 5.68. The van der Waals surface area contributed by atoms with Gasteiger partial charge in [0.1, 0.15) is 0 Å². The van der Waals surface area contributed by atoms with Crippen molar-refractivity contribution >= 4 is 21.6 Å². The Hall–Kier alpha value is -2.22. The molecule has 1 fully saturated rings. The third-order valence-corrected chi connectivity index (χ3v) is 7.95. The maximum atomic E-state index is 13.2. The molecule has 154 valence electrons. The topological polar surface area (TPSA) is 60.9 Å². The molecule has 2 heterocycles. The van der Waals surface area contributed by atoms with Gasteiger partial charge in [-0.05, 0) is 43.2 Å². The third-order valence-electron chi connectivity index (χ3n) is 6.06. The number of benzene rings is 2. The molecule has 0 radical (unpaired) electrons. The molecule has 0 aromatic heterocycles. The van der Waals surface area contributed by atoms with Gasteiger partial charge in [-0.3, -0.25) is 9.69 Å². The highest BCUT2D eigenvalue weighted by Crippen LogP contribution is 2.42. The second-order valence-electron chi connectivity index (χ2n) is 8.33. The number of amides is 1. The number of fused-ring (bicyclic) bond motifs is 1. The number of carbonyl (C=O) groups excluding carboxylic acids is 1. The molecular formula is C22H27N3O3S. The Morgan fingerprint density at radius 3 is 2.28 bits per heavy atom. The van der Waals surface area contributed by atoms with Crippen LogP contribution in [0.3, 0.4) is 0 Å². The van der Waals surface area contributed by atoms with Gasteiger partial charge < -0.3 is 4.90 Å². The van der Waals surface area contributed by atoms with Gasteiger partial charge in [-0.1, -0.05) is 30.3 Å². The summed E-state index contributed by atoms with van der Waals surface area (Å²) in [6.07, 6.45) is 0. The van der Waals surface area contributed by atoms with Crippen LogP contribution >= 0.6 is 0 Å². The van der Waals surface area contributed by atoms with Crippen molar-refractivity contribution in [2.75, 3.05) is 38.1 Å². The second-order valence-corrected chi connectivity index (χ2v) is 10.3. The van der Waals surface area contributed by atoms with Crippen molar-refractivity contribution in [3.63, 3.8) is 0 Å². The maximum absolute atomic E-state index is 13.2. The van der Waals surface area contributed by atoms with Gasteiger partial charge in [-0.15, -0.1) is 0 Å². The lowest BCUT2D eigenvalue weighted by Crippen LogP contribution is -2.48. The van der Waals surface area contributed by atoms with Crippen LogP contribution in [0.5, 0.6) is 0 Å². The molecule has 0 unspecified atom stereocenters. The molecule has 0 aliphatic carbocycles. The Bertz CT molecular complexity index is 1030. The first kappa shape index (κ1) is 20.1. The van der Waals surface area contributed by atoms with Crippen LogP contribution in [0.25, 0.3) is 0 Å². The quantitative estimate of drug-likeness (QED) is 0.773. The van der Waals surface area contributed by atoms with E-state index in [9.17, 15) is 13.2 Å². The Balaban J connectivity index is 1.51. The van der Waals surface area contributed by atoms with E-state index >= 15 is 0 Å². The lowest BCUT2D eigenvalue weighted by molar-refractivity contribution is -0.121. The van der Waals surface area contributed by atoms with Gasteiger partial charge in [0.25, 0.3) is 0 Å². The summed E-state index contributed by atoms with van der Waals surface area (Å²) in [6, 6.07) is 15.3. The summed E-state index contributed by atoms with van der Waals surface area (Å²) in [6.45, 7) is 6.85. The number of hydrogen-bond acceptors (Lipinski definition) is 4. The molecule has 0 bridgehead atoms. The smallest absolute Gasteiger partial charge is 0.243 e. The zero-order valence-corrected chi connectivity index (χ0v) is 17.9. The molecule has 1 saturated heterocycles. The highest BCUT2D eigenvalue weighted by molar-refractivity contribution is 7.89. The van der Waals surface area contributed by atoms with Crippen LogP contribution in [0, 0.1) is 0 Å². The number of sulfonamides is 1. The molecule has 2 aromatic carbocycles. The number of likely N-dealkylation sites (N-methyl/N-ethyl adjacent to an activating group) is 1. The SMILES string of the molecule is CN1C(=O)C(C)(C)c2cc(S(=O)(=O)N3CCN(Cc4ccccc4)CC3)ccc21. The summed E-state index contributed by atoms with van der Waals surface area (Å²) in [5.41, 5.74) is 2.07. The molecule has 0 spiro atoms. The molecule has 4 rings (SSSR count). The molecule has 29 heavy (non-hydrogen) atoms. The Morgan fingerprint density at radius 2 is 1.62 bits per heavy atom. The first-order valence-corrected chi connectivity index (χ1v) is 11.3. The predicted molar refractivity (Wildman–Crippen MR) is 113 cm³/mol. The number of rotatable bonds is 4. The lowest BCUT2D eigenvalue weighted by atomic mass is 9.86. The van der Waals surface area contributed by atoms with Gasteiger partial charge in [-0.2, -0.15) is 4.31 Å². The van der Waals surface area contributed by atoms with E-state index in [-0.39, 0.29) is 10.8 Å². The third kappa shape index (κ3) is 3.47. The van der Waals surface area contributed by atoms with E-state index in [2.05, 4.69) is 17.0 Å². The molecule has 7 heteroatoms.